The number of nitrogens with zero attached hydrogens (tertiary/aromatic N) is 2. The highest BCUT2D eigenvalue weighted by Gasteiger charge is 2.09. The molecule has 4 N–H and O–H groups in total. The number of anilines is 1. The molecule has 0 fully saturated rings. The van der Waals surface area contributed by atoms with Crippen LogP contribution in [0.5, 0.6) is 0 Å². The standard InChI is InChI=1S/C21H20N4O5/c26-18(6-7-19(27)28)22-10-13-2-1-3-14(8-13)15-4-5-17-16(9-15)21(25-12-24-17)23-11-20(29)30/h1-5,8-9,12H,6-7,10-11H2,(H,22,26)(H,27,28)(H,29,30)(H,23,24,25). The molecule has 1 aromatic heterocycles. The van der Waals surface area contributed by atoms with Crippen LogP contribution < -0.4 is 10.6 Å². The zero-order valence-corrected chi connectivity index (χ0v) is 16.0. The quantitative estimate of drug-likeness (QED) is 0.422. The molecular weight excluding hydrogens is 388 g/mol. The summed E-state index contributed by atoms with van der Waals surface area (Å²) in [5.74, 6) is -1.88. The van der Waals surface area contributed by atoms with Crippen molar-refractivity contribution in [1.29, 1.82) is 0 Å². The number of hydrogen-bond donors (Lipinski definition) is 4. The highest BCUT2D eigenvalue weighted by molar-refractivity contribution is 5.93. The fourth-order valence-electron chi connectivity index (χ4n) is 2.91. The monoisotopic (exact) mass is 408 g/mol. The Kier molecular flexibility index (Phi) is 6.53. The van der Waals surface area contributed by atoms with Crippen molar-refractivity contribution in [2.75, 3.05) is 11.9 Å². The first-order valence-corrected chi connectivity index (χ1v) is 9.20. The molecule has 1 heterocycles. The summed E-state index contributed by atoms with van der Waals surface area (Å²) in [6.45, 7) is 0.0296. The molecule has 9 nitrogen and oxygen atoms in total. The van der Waals surface area contributed by atoms with Crippen LogP contribution in [0.4, 0.5) is 5.82 Å². The Morgan fingerprint density at radius 1 is 0.900 bits per heavy atom. The zero-order chi connectivity index (χ0) is 21.5. The van der Waals surface area contributed by atoms with Crippen LogP contribution in [-0.2, 0) is 20.9 Å². The van der Waals surface area contributed by atoms with Crippen LogP contribution in [-0.4, -0.2) is 44.6 Å². The van der Waals surface area contributed by atoms with E-state index >= 15 is 0 Å². The summed E-state index contributed by atoms with van der Waals surface area (Å²) in [7, 11) is 0. The van der Waals surface area contributed by atoms with Crippen LogP contribution in [0.2, 0.25) is 0 Å². The van der Waals surface area contributed by atoms with Gasteiger partial charge in [0.25, 0.3) is 0 Å². The maximum absolute atomic E-state index is 11.7. The molecular formula is C21H20N4O5. The second kappa shape index (κ2) is 9.46. The number of amides is 1. The van der Waals surface area contributed by atoms with Crippen molar-refractivity contribution in [3.63, 3.8) is 0 Å². The van der Waals surface area contributed by atoms with Gasteiger partial charge in [0.15, 0.2) is 0 Å². The molecule has 30 heavy (non-hydrogen) atoms. The number of carbonyl (C=O) groups excluding carboxylic acids is 1. The van der Waals surface area contributed by atoms with E-state index in [0.717, 1.165) is 16.7 Å². The van der Waals surface area contributed by atoms with Gasteiger partial charge in [-0.1, -0.05) is 24.3 Å². The predicted molar refractivity (Wildman–Crippen MR) is 110 cm³/mol. The van der Waals surface area contributed by atoms with Gasteiger partial charge in [0.2, 0.25) is 5.91 Å². The molecule has 0 unspecified atom stereocenters. The number of benzene rings is 2. The Bertz CT molecular complexity index is 1100. The number of fused-ring (bicyclic) bond motifs is 1. The minimum Gasteiger partial charge on any atom is -0.481 e. The van der Waals surface area contributed by atoms with Gasteiger partial charge in [-0.3, -0.25) is 14.4 Å². The van der Waals surface area contributed by atoms with Gasteiger partial charge in [-0.25, -0.2) is 9.97 Å². The van der Waals surface area contributed by atoms with Gasteiger partial charge in [-0.05, 0) is 34.9 Å². The molecule has 154 valence electrons. The van der Waals surface area contributed by atoms with Crippen molar-refractivity contribution in [3.05, 3.63) is 54.4 Å². The predicted octanol–water partition coefficient (Wildman–Crippen LogP) is 2.27. The third-order valence-corrected chi connectivity index (χ3v) is 4.36. The molecule has 3 aromatic rings. The highest BCUT2D eigenvalue weighted by Crippen LogP contribution is 2.27. The third-order valence-electron chi connectivity index (χ3n) is 4.36. The zero-order valence-electron chi connectivity index (χ0n) is 16.0. The number of nitrogens with one attached hydrogen (secondary N) is 2. The molecule has 0 radical (unpaired) electrons. The minimum absolute atomic E-state index is 0.0637. The fourth-order valence-corrected chi connectivity index (χ4v) is 2.91. The summed E-state index contributed by atoms with van der Waals surface area (Å²) < 4.78 is 0. The van der Waals surface area contributed by atoms with E-state index in [2.05, 4.69) is 20.6 Å². The number of carbonyl (C=O) groups is 3. The van der Waals surface area contributed by atoms with E-state index < -0.39 is 11.9 Å². The lowest BCUT2D eigenvalue weighted by Crippen LogP contribution is -2.23. The van der Waals surface area contributed by atoms with Gasteiger partial charge in [0, 0.05) is 18.4 Å². The van der Waals surface area contributed by atoms with Crippen molar-refractivity contribution >= 4 is 34.6 Å². The molecule has 0 bridgehead atoms. The first-order valence-electron chi connectivity index (χ1n) is 9.20. The van der Waals surface area contributed by atoms with Gasteiger partial charge in [0.1, 0.15) is 18.7 Å². The summed E-state index contributed by atoms with van der Waals surface area (Å²) in [4.78, 5) is 41.5. The van der Waals surface area contributed by atoms with Crippen LogP contribution in [0.25, 0.3) is 22.0 Å². The lowest BCUT2D eigenvalue weighted by Gasteiger charge is -2.10. The minimum atomic E-state index is -1.01. The summed E-state index contributed by atoms with van der Waals surface area (Å²) in [6.07, 6.45) is 1.11. The van der Waals surface area contributed by atoms with Crippen molar-refractivity contribution in [2.24, 2.45) is 0 Å². The third kappa shape index (κ3) is 5.51. The number of aromatic nitrogens is 2. The van der Waals surface area contributed by atoms with Crippen LogP contribution in [0.15, 0.2) is 48.8 Å². The molecule has 3 rings (SSSR count). The van der Waals surface area contributed by atoms with Gasteiger partial charge in [-0.2, -0.15) is 0 Å². The van der Waals surface area contributed by atoms with E-state index in [1.54, 1.807) is 0 Å². The molecule has 0 saturated heterocycles. The van der Waals surface area contributed by atoms with Gasteiger partial charge in [0.05, 0.1) is 11.9 Å². The summed E-state index contributed by atoms with van der Waals surface area (Å²) >= 11 is 0. The van der Waals surface area contributed by atoms with Crippen LogP contribution >= 0.6 is 0 Å². The molecule has 0 atom stereocenters. The topological polar surface area (TPSA) is 142 Å². The van der Waals surface area contributed by atoms with E-state index in [4.69, 9.17) is 10.2 Å². The molecule has 0 saturated carbocycles. The Morgan fingerprint density at radius 2 is 1.70 bits per heavy atom. The lowest BCUT2D eigenvalue weighted by molar-refractivity contribution is -0.139. The van der Waals surface area contributed by atoms with E-state index in [1.165, 1.54) is 6.33 Å². The van der Waals surface area contributed by atoms with Crippen molar-refractivity contribution in [2.45, 2.75) is 19.4 Å². The van der Waals surface area contributed by atoms with Crippen LogP contribution in [0, 0.1) is 0 Å². The van der Waals surface area contributed by atoms with Crippen molar-refractivity contribution in [1.82, 2.24) is 15.3 Å². The number of aliphatic carboxylic acids is 2. The first kappa shape index (κ1) is 20.7. The van der Waals surface area contributed by atoms with E-state index in [1.807, 2.05) is 42.5 Å². The highest BCUT2D eigenvalue weighted by atomic mass is 16.4. The molecule has 2 aromatic carbocycles. The molecule has 9 heteroatoms. The van der Waals surface area contributed by atoms with Gasteiger partial charge < -0.3 is 20.8 Å². The van der Waals surface area contributed by atoms with Crippen LogP contribution in [0.1, 0.15) is 18.4 Å². The summed E-state index contributed by atoms with van der Waals surface area (Å²) in [5, 5.41) is 23.7. The lowest BCUT2D eigenvalue weighted by atomic mass is 10.0. The van der Waals surface area contributed by atoms with Crippen molar-refractivity contribution in [3.8, 4) is 11.1 Å². The normalized spacial score (nSPS) is 10.5. The molecule has 0 aliphatic carbocycles. The van der Waals surface area contributed by atoms with E-state index in [0.29, 0.717) is 16.7 Å². The molecule has 0 aliphatic heterocycles. The average Bonchev–Trinajstić information content (AvgIpc) is 2.74. The largest absolute Gasteiger partial charge is 0.481 e. The smallest absolute Gasteiger partial charge is 0.322 e. The maximum Gasteiger partial charge on any atom is 0.322 e. The average molecular weight is 408 g/mol. The first-order chi connectivity index (χ1) is 14.4. The number of carboxylic acid groups (broad SMARTS) is 2. The van der Waals surface area contributed by atoms with Crippen molar-refractivity contribution < 1.29 is 24.6 Å². The second-order valence-electron chi connectivity index (χ2n) is 6.57. The Morgan fingerprint density at radius 3 is 2.47 bits per heavy atom. The van der Waals surface area contributed by atoms with E-state index in [-0.39, 0.29) is 31.8 Å². The fraction of sp³-hybridized carbons (Fsp3) is 0.190. The maximum atomic E-state index is 11.7. The van der Waals surface area contributed by atoms with Crippen LogP contribution in [0.3, 0.4) is 0 Å². The van der Waals surface area contributed by atoms with Gasteiger partial charge >= 0.3 is 11.9 Å². The molecule has 1 amide bonds. The number of carboxylic acids is 2. The molecule has 0 spiro atoms. The van der Waals surface area contributed by atoms with E-state index in [9.17, 15) is 14.4 Å². The number of hydrogen-bond acceptors (Lipinski definition) is 6. The Labute approximate surface area is 171 Å². The summed E-state index contributed by atoms with van der Waals surface area (Å²) in [6, 6.07) is 13.2. The van der Waals surface area contributed by atoms with Gasteiger partial charge in [-0.15, -0.1) is 0 Å². The SMILES string of the molecule is O=C(O)CCC(=O)NCc1cccc(-c2ccc3ncnc(NCC(=O)O)c3c2)c1. The number of rotatable bonds is 9. The molecule has 0 aliphatic rings. The Balaban J connectivity index is 1.79. The second-order valence-corrected chi connectivity index (χ2v) is 6.57. The Hall–Kier alpha value is -4.01. The summed E-state index contributed by atoms with van der Waals surface area (Å²) in [5.41, 5.74) is 3.34.